The molecule has 1 saturated heterocycles. The second-order valence-electron chi connectivity index (χ2n) is 8.13. The number of benzene rings is 1. The molecule has 158 valence electrons. The predicted octanol–water partition coefficient (Wildman–Crippen LogP) is 4.80. The molecule has 7 heteroatoms. The minimum Gasteiger partial charge on any atom is -0.497 e. The molecular formula is C22H32N4O2S. The highest BCUT2D eigenvalue weighted by Gasteiger charge is 2.33. The van der Waals surface area contributed by atoms with Gasteiger partial charge in [-0.15, -0.1) is 10.2 Å². The van der Waals surface area contributed by atoms with Gasteiger partial charge in [0.05, 0.1) is 12.4 Å². The zero-order chi connectivity index (χ0) is 21.1. The molecule has 0 unspecified atom stereocenters. The van der Waals surface area contributed by atoms with Gasteiger partial charge in [0.15, 0.2) is 11.0 Å². The first-order valence-corrected chi connectivity index (χ1v) is 11.3. The normalized spacial score (nSPS) is 20.7. The van der Waals surface area contributed by atoms with Gasteiger partial charge in [-0.25, -0.2) is 0 Å². The molecule has 1 aliphatic rings. The fourth-order valence-corrected chi connectivity index (χ4v) is 5.07. The largest absolute Gasteiger partial charge is 0.497 e. The van der Waals surface area contributed by atoms with E-state index in [9.17, 15) is 4.79 Å². The molecule has 1 aliphatic heterocycles. The summed E-state index contributed by atoms with van der Waals surface area (Å²) in [6.07, 6.45) is 3.36. The highest BCUT2D eigenvalue weighted by atomic mass is 32.2. The van der Waals surface area contributed by atoms with Crippen molar-refractivity contribution in [3.05, 3.63) is 24.3 Å². The van der Waals surface area contributed by atoms with E-state index in [-0.39, 0.29) is 17.2 Å². The van der Waals surface area contributed by atoms with Gasteiger partial charge >= 0.3 is 0 Å². The number of piperidine rings is 1. The summed E-state index contributed by atoms with van der Waals surface area (Å²) >= 11 is 1.50. The van der Waals surface area contributed by atoms with Gasteiger partial charge in [0.2, 0.25) is 5.91 Å². The van der Waals surface area contributed by atoms with Crippen LogP contribution in [0.25, 0.3) is 11.4 Å². The molecule has 1 aromatic carbocycles. The van der Waals surface area contributed by atoms with Crippen molar-refractivity contribution in [2.75, 3.05) is 7.11 Å². The molecule has 6 nitrogen and oxygen atoms in total. The first-order valence-electron chi connectivity index (χ1n) is 10.4. The molecule has 0 saturated carbocycles. The second-order valence-corrected chi connectivity index (χ2v) is 9.44. The minimum atomic E-state index is -0.205. The van der Waals surface area contributed by atoms with Crippen molar-refractivity contribution < 1.29 is 9.53 Å². The van der Waals surface area contributed by atoms with Crippen LogP contribution in [0.5, 0.6) is 5.75 Å². The van der Waals surface area contributed by atoms with Crippen molar-refractivity contribution in [2.45, 2.75) is 82.4 Å². The summed E-state index contributed by atoms with van der Waals surface area (Å²) in [5.41, 5.74) is 0.983. The standard InChI is InChI=1S/C22H32N4O2S/c1-14(2)25-20(18-10-12-19(28-6)13-11-18)23-24-22(25)29-17(5)21(27)26-15(3)8-7-9-16(26)4/h10-17H,7-9H2,1-6H3/t15-,16-,17+/m0/s1. The van der Waals surface area contributed by atoms with Crippen LogP contribution in [0.4, 0.5) is 0 Å². The minimum absolute atomic E-state index is 0.180. The third kappa shape index (κ3) is 4.60. The van der Waals surface area contributed by atoms with Gasteiger partial charge in [0.25, 0.3) is 0 Å². The van der Waals surface area contributed by atoms with Crippen molar-refractivity contribution in [3.63, 3.8) is 0 Å². The van der Waals surface area contributed by atoms with Gasteiger partial charge in [-0.05, 0) is 78.1 Å². The lowest BCUT2D eigenvalue weighted by Crippen LogP contribution is -2.50. The van der Waals surface area contributed by atoms with Gasteiger partial charge in [-0.2, -0.15) is 0 Å². The summed E-state index contributed by atoms with van der Waals surface area (Å²) in [4.78, 5) is 15.3. The number of hydrogen-bond acceptors (Lipinski definition) is 5. The third-order valence-electron chi connectivity index (χ3n) is 5.61. The Bertz CT molecular complexity index is 824. The van der Waals surface area contributed by atoms with Crippen molar-refractivity contribution >= 4 is 17.7 Å². The molecule has 3 rings (SSSR count). The van der Waals surface area contributed by atoms with Crippen LogP contribution in [0.2, 0.25) is 0 Å². The lowest BCUT2D eigenvalue weighted by molar-refractivity contribution is -0.136. The fraction of sp³-hybridized carbons (Fsp3) is 0.591. The maximum Gasteiger partial charge on any atom is 0.236 e. The van der Waals surface area contributed by atoms with Crippen molar-refractivity contribution in [3.8, 4) is 17.1 Å². The number of ether oxygens (including phenoxy) is 1. The Morgan fingerprint density at radius 1 is 1.10 bits per heavy atom. The van der Waals surface area contributed by atoms with Crippen LogP contribution in [0.1, 0.15) is 59.9 Å². The number of aromatic nitrogens is 3. The molecular weight excluding hydrogens is 384 g/mol. The average Bonchev–Trinajstić information content (AvgIpc) is 3.11. The van der Waals surface area contributed by atoms with Crippen LogP contribution in [-0.2, 0) is 4.79 Å². The Balaban J connectivity index is 1.83. The van der Waals surface area contributed by atoms with Gasteiger partial charge in [0, 0.05) is 23.7 Å². The zero-order valence-corrected chi connectivity index (χ0v) is 19.1. The number of likely N-dealkylation sites (tertiary alicyclic amines) is 1. The Labute approximate surface area is 178 Å². The third-order valence-corrected chi connectivity index (χ3v) is 6.65. The molecule has 0 aliphatic carbocycles. The van der Waals surface area contributed by atoms with Gasteiger partial charge in [0.1, 0.15) is 5.75 Å². The number of carbonyl (C=O) groups is 1. The number of carbonyl (C=O) groups excluding carboxylic acids is 1. The van der Waals surface area contributed by atoms with E-state index >= 15 is 0 Å². The molecule has 0 N–H and O–H groups in total. The second kappa shape index (κ2) is 9.20. The van der Waals surface area contributed by atoms with E-state index in [1.165, 1.54) is 18.2 Å². The van der Waals surface area contributed by atoms with Crippen LogP contribution < -0.4 is 4.74 Å². The number of rotatable bonds is 6. The molecule has 0 radical (unpaired) electrons. The number of nitrogens with zero attached hydrogens (tertiary/aromatic N) is 4. The lowest BCUT2D eigenvalue weighted by atomic mass is 9.97. The average molecular weight is 417 g/mol. The first-order chi connectivity index (χ1) is 13.8. The lowest BCUT2D eigenvalue weighted by Gasteiger charge is -2.40. The van der Waals surface area contributed by atoms with E-state index in [0.29, 0.717) is 12.1 Å². The molecule has 2 aromatic rings. The maximum absolute atomic E-state index is 13.2. The van der Waals surface area contributed by atoms with Gasteiger partial charge < -0.3 is 9.64 Å². The molecule has 0 spiro atoms. The molecule has 29 heavy (non-hydrogen) atoms. The summed E-state index contributed by atoms with van der Waals surface area (Å²) in [6.45, 7) is 10.5. The fourth-order valence-electron chi connectivity index (χ4n) is 4.03. The molecule has 1 aromatic heterocycles. The van der Waals surface area contributed by atoms with Crippen molar-refractivity contribution in [1.82, 2.24) is 19.7 Å². The van der Waals surface area contributed by atoms with E-state index in [2.05, 4.69) is 47.4 Å². The summed E-state index contributed by atoms with van der Waals surface area (Å²) in [6, 6.07) is 8.60. The van der Waals surface area contributed by atoms with Crippen molar-refractivity contribution in [2.24, 2.45) is 0 Å². The van der Waals surface area contributed by atoms with Gasteiger partial charge in [-0.1, -0.05) is 11.8 Å². The first kappa shape index (κ1) is 21.7. The Morgan fingerprint density at radius 2 is 1.72 bits per heavy atom. The monoisotopic (exact) mass is 416 g/mol. The molecule has 0 bridgehead atoms. The van der Waals surface area contributed by atoms with Crippen LogP contribution in [0.3, 0.4) is 0 Å². The topological polar surface area (TPSA) is 60.3 Å². The quantitative estimate of drug-likeness (QED) is 0.633. The van der Waals surface area contributed by atoms with E-state index in [1.807, 2.05) is 31.2 Å². The number of thioether (sulfide) groups is 1. The molecule has 3 atom stereocenters. The van der Waals surface area contributed by atoms with Crippen LogP contribution >= 0.6 is 11.8 Å². The SMILES string of the molecule is COc1ccc(-c2nnc(S[C@H](C)C(=O)N3[C@@H](C)CCC[C@@H]3C)n2C(C)C)cc1. The number of amides is 1. The Kier molecular flexibility index (Phi) is 6.88. The highest BCUT2D eigenvalue weighted by Crippen LogP contribution is 2.33. The van der Waals surface area contributed by atoms with E-state index in [0.717, 1.165) is 35.1 Å². The molecule has 2 heterocycles. The smallest absolute Gasteiger partial charge is 0.236 e. The summed E-state index contributed by atoms with van der Waals surface area (Å²) in [5, 5.41) is 9.46. The predicted molar refractivity (Wildman–Crippen MR) is 117 cm³/mol. The number of hydrogen-bond donors (Lipinski definition) is 0. The van der Waals surface area contributed by atoms with Crippen LogP contribution in [0, 0.1) is 0 Å². The van der Waals surface area contributed by atoms with Crippen LogP contribution in [-0.4, -0.2) is 50.0 Å². The Hall–Kier alpha value is -2.02. The highest BCUT2D eigenvalue weighted by molar-refractivity contribution is 8.00. The van der Waals surface area contributed by atoms with Crippen molar-refractivity contribution in [1.29, 1.82) is 0 Å². The van der Waals surface area contributed by atoms with Crippen LogP contribution in [0.15, 0.2) is 29.4 Å². The number of methoxy groups -OCH3 is 1. The van der Waals surface area contributed by atoms with E-state index in [1.54, 1.807) is 7.11 Å². The summed E-state index contributed by atoms with van der Waals surface area (Å²) < 4.78 is 7.36. The molecule has 1 amide bonds. The zero-order valence-electron chi connectivity index (χ0n) is 18.3. The summed E-state index contributed by atoms with van der Waals surface area (Å²) in [7, 11) is 1.66. The Morgan fingerprint density at radius 3 is 2.28 bits per heavy atom. The van der Waals surface area contributed by atoms with Gasteiger partial charge in [-0.3, -0.25) is 9.36 Å². The maximum atomic E-state index is 13.2. The summed E-state index contributed by atoms with van der Waals surface area (Å²) in [5.74, 6) is 1.81. The molecule has 1 fully saturated rings. The van der Waals surface area contributed by atoms with E-state index < -0.39 is 0 Å². The van der Waals surface area contributed by atoms with E-state index in [4.69, 9.17) is 4.74 Å².